The van der Waals surface area contributed by atoms with E-state index >= 15 is 8.78 Å². The second-order valence-corrected chi connectivity index (χ2v) is 10.3. The lowest BCUT2D eigenvalue weighted by molar-refractivity contribution is 0.135. The number of aromatic nitrogens is 7. The Hall–Kier alpha value is -3.93. The third kappa shape index (κ3) is 5.75. The minimum absolute atomic E-state index is 0.128. The van der Waals surface area contributed by atoms with Crippen molar-refractivity contribution in [2.24, 2.45) is 5.92 Å². The van der Waals surface area contributed by atoms with Crippen molar-refractivity contribution in [3.63, 3.8) is 0 Å². The van der Waals surface area contributed by atoms with Gasteiger partial charge in [-0.1, -0.05) is 13.8 Å². The molecule has 0 spiro atoms. The molecule has 0 unspecified atom stereocenters. The van der Waals surface area contributed by atoms with Gasteiger partial charge in [-0.15, -0.1) is 5.10 Å². The molecule has 3 heterocycles. The normalized spacial score (nSPS) is 17.6. The summed E-state index contributed by atoms with van der Waals surface area (Å²) in [5.41, 5.74) is 7.98. The van der Waals surface area contributed by atoms with Crippen LogP contribution in [0, 0.1) is 17.6 Å². The first kappa shape index (κ1) is 26.7. The van der Waals surface area contributed by atoms with Crippen LogP contribution in [0.3, 0.4) is 0 Å². The number of pyridine rings is 1. The van der Waals surface area contributed by atoms with Gasteiger partial charge < -0.3 is 15.8 Å². The number of halogens is 2. The lowest BCUT2D eigenvalue weighted by Crippen LogP contribution is -2.34. The zero-order valence-corrected chi connectivity index (χ0v) is 22.3. The monoisotopic (exact) mass is 537 g/mol. The van der Waals surface area contributed by atoms with Gasteiger partial charge in [-0.25, -0.2) is 9.37 Å². The Morgan fingerprint density at radius 1 is 1.10 bits per heavy atom. The summed E-state index contributed by atoms with van der Waals surface area (Å²) < 4.78 is 39.3. The van der Waals surface area contributed by atoms with E-state index in [4.69, 9.17) is 10.5 Å². The fraction of sp³-hybridized carbons (Fsp3) is 0.444. The summed E-state index contributed by atoms with van der Waals surface area (Å²) in [4.78, 5) is 4.30. The van der Waals surface area contributed by atoms with Crippen molar-refractivity contribution in [1.29, 1.82) is 0 Å². The largest absolute Gasteiger partial charge is 0.487 e. The van der Waals surface area contributed by atoms with Crippen molar-refractivity contribution in [1.82, 2.24) is 40.3 Å². The summed E-state index contributed by atoms with van der Waals surface area (Å²) in [5.74, 6) is -1.48. The molecule has 3 N–H and O–H groups in total. The highest BCUT2D eigenvalue weighted by Crippen LogP contribution is 2.33. The van der Waals surface area contributed by atoms with Crippen LogP contribution in [0.15, 0.2) is 36.8 Å². The van der Waals surface area contributed by atoms with E-state index in [0.29, 0.717) is 17.5 Å². The van der Waals surface area contributed by atoms with Crippen molar-refractivity contribution in [3.05, 3.63) is 48.4 Å². The molecule has 0 aliphatic heterocycles. The quantitative estimate of drug-likeness (QED) is 0.322. The molecule has 206 valence electrons. The van der Waals surface area contributed by atoms with Crippen LogP contribution >= 0.6 is 0 Å². The van der Waals surface area contributed by atoms with Crippen LogP contribution < -0.4 is 15.8 Å². The number of aryl methyl sites for hydroxylation is 1. The number of anilines is 1. The van der Waals surface area contributed by atoms with E-state index in [1.165, 1.54) is 12.1 Å². The van der Waals surface area contributed by atoms with Gasteiger partial charge in [-0.2, -0.15) is 14.2 Å². The molecule has 4 aromatic rings. The van der Waals surface area contributed by atoms with E-state index in [9.17, 15) is 0 Å². The van der Waals surface area contributed by atoms with Crippen LogP contribution in [0.25, 0.3) is 28.2 Å². The SMILES string of the molecule is CNC1CCC(Oc2ccc(-n3nnnc3-c3cc(-c4cnn(CCC(C)C)c4)cnc3N)c(F)c2F)CC1. The number of nitrogen functional groups attached to an aromatic ring is 1. The standard InChI is InChI=1S/C27H33F2N9O/c1-16(2)10-11-37-15-18(14-33-37)17-12-21(26(30)32-13-17)27-34-35-36-38(27)22-8-9-23(25(29)24(22)28)39-20-6-4-19(31-3)5-7-20/h8-9,12-16,19-20,31H,4-7,10-11H2,1-3H3,(H2,30,32). The van der Waals surface area contributed by atoms with Gasteiger partial charge >= 0.3 is 0 Å². The first-order valence-electron chi connectivity index (χ1n) is 13.2. The zero-order valence-electron chi connectivity index (χ0n) is 22.3. The maximum absolute atomic E-state index is 15.3. The molecule has 10 nitrogen and oxygen atoms in total. The molecule has 1 aliphatic carbocycles. The molecule has 5 rings (SSSR count). The summed E-state index contributed by atoms with van der Waals surface area (Å²) in [6, 6.07) is 5.00. The molecular weight excluding hydrogens is 504 g/mol. The highest BCUT2D eigenvalue weighted by Gasteiger charge is 2.25. The summed E-state index contributed by atoms with van der Waals surface area (Å²) in [7, 11) is 1.93. The van der Waals surface area contributed by atoms with Crippen LogP contribution in [0.5, 0.6) is 5.75 Å². The lowest BCUT2D eigenvalue weighted by atomic mass is 9.93. The third-order valence-electron chi connectivity index (χ3n) is 7.16. The summed E-state index contributed by atoms with van der Waals surface area (Å²) in [6.07, 6.45) is 9.53. The van der Waals surface area contributed by atoms with E-state index in [-0.39, 0.29) is 29.2 Å². The number of nitrogens with two attached hydrogens (primary N) is 1. The van der Waals surface area contributed by atoms with E-state index in [1.54, 1.807) is 18.5 Å². The van der Waals surface area contributed by atoms with Crippen molar-refractivity contribution in [2.45, 2.75) is 64.6 Å². The van der Waals surface area contributed by atoms with Crippen molar-refractivity contribution in [3.8, 4) is 34.0 Å². The number of benzene rings is 1. The minimum Gasteiger partial charge on any atom is -0.487 e. The lowest BCUT2D eigenvalue weighted by Gasteiger charge is -2.28. The first-order chi connectivity index (χ1) is 18.8. The topological polar surface area (TPSA) is 122 Å². The number of rotatable bonds is 9. The Balaban J connectivity index is 1.41. The molecule has 12 heteroatoms. The number of tetrazole rings is 1. The van der Waals surface area contributed by atoms with E-state index in [0.717, 1.165) is 54.5 Å². The Bertz CT molecular complexity index is 1430. The van der Waals surface area contributed by atoms with Gasteiger partial charge in [-0.05, 0) is 73.7 Å². The van der Waals surface area contributed by atoms with Crippen LogP contribution in [-0.2, 0) is 6.54 Å². The summed E-state index contributed by atoms with van der Waals surface area (Å²) in [6.45, 7) is 5.12. The molecule has 39 heavy (non-hydrogen) atoms. The Kier molecular flexibility index (Phi) is 7.82. The fourth-order valence-corrected chi connectivity index (χ4v) is 4.78. The smallest absolute Gasteiger partial charge is 0.202 e. The third-order valence-corrected chi connectivity index (χ3v) is 7.16. The molecule has 1 saturated carbocycles. The van der Waals surface area contributed by atoms with E-state index in [1.807, 2.05) is 17.9 Å². The Morgan fingerprint density at radius 3 is 2.64 bits per heavy atom. The van der Waals surface area contributed by atoms with Gasteiger partial charge in [0, 0.05) is 36.1 Å². The summed E-state index contributed by atoms with van der Waals surface area (Å²) >= 11 is 0. The predicted octanol–water partition coefficient (Wildman–Crippen LogP) is 4.40. The van der Waals surface area contributed by atoms with E-state index < -0.39 is 11.6 Å². The molecule has 0 amide bonds. The minimum atomic E-state index is -1.11. The average Bonchev–Trinajstić information content (AvgIpc) is 3.61. The molecule has 0 radical (unpaired) electrons. The molecule has 0 saturated heterocycles. The maximum Gasteiger partial charge on any atom is 0.202 e. The fourth-order valence-electron chi connectivity index (χ4n) is 4.78. The highest BCUT2D eigenvalue weighted by molar-refractivity contribution is 5.76. The van der Waals surface area contributed by atoms with Crippen LogP contribution in [0.2, 0.25) is 0 Å². The number of hydrogen-bond acceptors (Lipinski definition) is 8. The summed E-state index contributed by atoms with van der Waals surface area (Å²) in [5, 5.41) is 19.3. The molecule has 1 aliphatic rings. The number of nitrogens with one attached hydrogen (secondary N) is 1. The second-order valence-electron chi connectivity index (χ2n) is 10.3. The van der Waals surface area contributed by atoms with Crippen LogP contribution in [-0.4, -0.2) is 54.2 Å². The molecule has 1 aromatic carbocycles. The average molecular weight is 538 g/mol. The molecule has 1 fully saturated rings. The Labute approximate surface area is 225 Å². The maximum atomic E-state index is 15.3. The predicted molar refractivity (Wildman–Crippen MR) is 143 cm³/mol. The molecule has 0 bridgehead atoms. The van der Waals surface area contributed by atoms with Gasteiger partial charge in [0.1, 0.15) is 11.5 Å². The van der Waals surface area contributed by atoms with E-state index in [2.05, 4.69) is 44.8 Å². The first-order valence-corrected chi connectivity index (χ1v) is 13.2. The van der Waals surface area contributed by atoms with Gasteiger partial charge in [0.25, 0.3) is 0 Å². The number of nitrogens with zero attached hydrogens (tertiary/aromatic N) is 7. The molecule has 0 atom stereocenters. The van der Waals surface area contributed by atoms with Gasteiger partial charge in [0.05, 0.1) is 17.9 Å². The van der Waals surface area contributed by atoms with Gasteiger partial charge in [0.15, 0.2) is 17.4 Å². The Morgan fingerprint density at radius 2 is 1.90 bits per heavy atom. The number of ether oxygens (including phenoxy) is 1. The molecular formula is C27H33F2N9O. The van der Waals surface area contributed by atoms with Gasteiger partial charge in [0.2, 0.25) is 5.82 Å². The highest BCUT2D eigenvalue weighted by atomic mass is 19.2. The van der Waals surface area contributed by atoms with Crippen molar-refractivity contribution < 1.29 is 13.5 Å². The van der Waals surface area contributed by atoms with Gasteiger partial charge in [-0.3, -0.25) is 4.68 Å². The van der Waals surface area contributed by atoms with Crippen molar-refractivity contribution >= 4 is 5.82 Å². The van der Waals surface area contributed by atoms with Crippen LogP contribution in [0.1, 0.15) is 46.0 Å². The van der Waals surface area contributed by atoms with Crippen LogP contribution in [0.4, 0.5) is 14.6 Å². The number of hydrogen-bond donors (Lipinski definition) is 2. The molecule has 3 aromatic heterocycles. The van der Waals surface area contributed by atoms with Crippen molar-refractivity contribution in [2.75, 3.05) is 12.8 Å². The second kappa shape index (κ2) is 11.4. The zero-order chi connectivity index (χ0) is 27.5.